The predicted octanol–water partition coefficient (Wildman–Crippen LogP) is 3.14. The Hall–Kier alpha value is -1.16. The lowest BCUT2D eigenvalue weighted by Gasteiger charge is -2.16. The number of hydrogen-bond donors (Lipinski definition) is 1. The standard InChI is InChI=1S/C13H18N2OS/c1-5-8-6-9-11(16)14-10(7-13(2,3)4)15-12(9)17-8/h6H,5,7H2,1-4H3,(H,14,15,16). The molecule has 3 nitrogen and oxygen atoms in total. The summed E-state index contributed by atoms with van der Waals surface area (Å²) in [5, 5.41) is 0.726. The minimum Gasteiger partial charge on any atom is -0.310 e. The first kappa shape index (κ1) is 12.3. The first-order valence-corrected chi connectivity index (χ1v) is 6.72. The van der Waals surface area contributed by atoms with E-state index < -0.39 is 0 Å². The summed E-state index contributed by atoms with van der Waals surface area (Å²) < 4.78 is 0. The van der Waals surface area contributed by atoms with Crippen molar-refractivity contribution in [2.75, 3.05) is 0 Å². The van der Waals surface area contributed by atoms with Crippen molar-refractivity contribution in [2.24, 2.45) is 5.41 Å². The summed E-state index contributed by atoms with van der Waals surface area (Å²) in [6.07, 6.45) is 1.74. The first-order valence-electron chi connectivity index (χ1n) is 5.90. The number of fused-ring (bicyclic) bond motifs is 1. The highest BCUT2D eigenvalue weighted by Gasteiger charge is 2.15. The van der Waals surface area contributed by atoms with Crippen LogP contribution in [0.15, 0.2) is 10.9 Å². The molecule has 4 heteroatoms. The zero-order valence-corrected chi connectivity index (χ0v) is 11.6. The number of aryl methyl sites for hydroxylation is 1. The van der Waals surface area contributed by atoms with Gasteiger partial charge in [0, 0.05) is 11.3 Å². The molecule has 2 aromatic heterocycles. The molecule has 0 unspecified atom stereocenters. The van der Waals surface area contributed by atoms with Gasteiger partial charge in [-0.15, -0.1) is 11.3 Å². The van der Waals surface area contributed by atoms with E-state index >= 15 is 0 Å². The van der Waals surface area contributed by atoms with E-state index in [-0.39, 0.29) is 11.0 Å². The van der Waals surface area contributed by atoms with Crippen LogP contribution in [-0.4, -0.2) is 9.97 Å². The highest BCUT2D eigenvalue weighted by Crippen LogP contribution is 2.23. The van der Waals surface area contributed by atoms with Gasteiger partial charge < -0.3 is 4.98 Å². The van der Waals surface area contributed by atoms with Gasteiger partial charge in [0.2, 0.25) is 0 Å². The third-order valence-corrected chi connectivity index (χ3v) is 3.72. The molecule has 17 heavy (non-hydrogen) atoms. The summed E-state index contributed by atoms with van der Waals surface area (Å²) in [4.78, 5) is 21.4. The second-order valence-electron chi connectivity index (χ2n) is 5.54. The topological polar surface area (TPSA) is 45.8 Å². The maximum absolute atomic E-state index is 11.9. The third kappa shape index (κ3) is 2.75. The van der Waals surface area contributed by atoms with Crippen LogP contribution in [0.2, 0.25) is 0 Å². The van der Waals surface area contributed by atoms with E-state index in [0.29, 0.717) is 0 Å². The normalized spacial score (nSPS) is 12.2. The minimum absolute atomic E-state index is 0.00907. The number of rotatable bonds is 2. The van der Waals surface area contributed by atoms with Gasteiger partial charge in [-0.05, 0) is 17.9 Å². The van der Waals surface area contributed by atoms with Crippen LogP contribution in [0, 0.1) is 5.41 Å². The molecule has 0 aliphatic heterocycles. The molecular formula is C13H18N2OS. The SMILES string of the molecule is CCc1cc2c(=O)[nH]c(CC(C)(C)C)nc2s1. The molecule has 0 atom stereocenters. The monoisotopic (exact) mass is 250 g/mol. The summed E-state index contributed by atoms with van der Waals surface area (Å²) in [6, 6.07) is 1.95. The minimum atomic E-state index is -0.00907. The molecule has 0 aromatic carbocycles. The lowest BCUT2D eigenvalue weighted by molar-refractivity contribution is 0.401. The summed E-state index contributed by atoms with van der Waals surface area (Å²) in [6.45, 7) is 8.52. The summed E-state index contributed by atoms with van der Waals surface area (Å²) in [7, 11) is 0. The molecule has 0 amide bonds. The molecule has 92 valence electrons. The number of nitrogens with zero attached hydrogens (tertiary/aromatic N) is 1. The Kier molecular flexibility index (Phi) is 3.08. The van der Waals surface area contributed by atoms with E-state index in [2.05, 4.69) is 37.7 Å². The maximum Gasteiger partial charge on any atom is 0.259 e. The predicted molar refractivity (Wildman–Crippen MR) is 72.8 cm³/mol. The fraction of sp³-hybridized carbons (Fsp3) is 0.538. The van der Waals surface area contributed by atoms with Crippen molar-refractivity contribution < 1.29 is 0 Å². The average Bonchev–Trinajstić information content (AvgIpc) is 2.58. The van der Waals surface area contributed by atoms with Gasteiger partial charge in [0.1, 0.15) is 10.7 Å². The Morgan fingerprint density at radius 1 is 1.41 bits per heavy atom. The average molecular weight is 250 g/mol. The van der Waals surface area contributed by atoms with Gasteiger partial charge in [-0.1, -0.05) is 27.7 Å². The smallest absolute Gasteiger partial charge is 0.259 e. The zero-order chi connectivity index (χ0) is 12.6. The Morgan fingerprint density at radius 2 is 2.12 bits per heavy atom. The summed E-state index contributed by atoms with van der Waals surface area (Å²) in [5.41, 5.74) is 0.124. The Morgan fingerprint density at radius 3 is 2.71 bits per heavy atom. The molecule has 0 bridgehead atoms. The zero-order valence-electron chi connectivity index (χ0n) is 10.8. The van der Waals surface area contributed by atoms with Crippen LogP contribution >= 0.6 is 11.3 Å². The van der Waals surface area contributed by atoms with E-state index in [4.69, 9.17) is 0 Å². The van der Waals surface area contributed by atoms with Gasteiger partial charge >= 0.3 is 0 Å². The molecule has 0 spiro atoms. The van der Waals surface area contributed by atoms with E-state index in [1.165, 1.54) is 4.88 Å². The second kappa shape index (κ2) is 4.26. The molecule has 0 saturated carbocycles. The van der Waals surface area contributed by atoms with Crippen LogP contribution in [0.3, 0.4) is 0 Å². The highest BCUT2D eigenvalue weighted by molar-refractivity contribution is 7.18. The largest absolute Gasteiger partial charge is 0.310 e. The number of thiophene rings is 1. The number of aromatic amines is 1. The Labute approximate surface area is 105 Å². The molecular weight excluding hydrogens is 232 g/mol. The van der Waals surface area contributed by atoms with E-state index in [9.17, 15) is 4.79 Å². The van der Waals surface area contributed by atoms with Crippen molar-refractivity contribution in [3.8, 4) is 0 Å². The molecule has 1 N–H and O–H groups in total. The maximum atomic E-state index is 11.9. The highest BCUT2D eigenvalue weighted by atomic mass is 32.1. The van der Waals surface area contributed by atoms with E-state index in [1.807, 2.05) is 6.07 Å². The van der Waals surface area contributed by atoms with E-state index in [1.54, 1.807) is 11.3 Å². The fourth-order valence-electron chi connectivity index (χ4n) is 1.79. The van der Waals surface area contributed by atoms with Gasteiger partial charge in [-0.25, -0.2) is 4.98 Å². The van der Waals surface area contributed by atoms with Gasteiger partial charge in [0.05, 0.1) is 5.39 Å². The van der Waals surface area contributed by atoms with Crippen molar-refractivity contribution in [1.82, 2.24) is 9.97 Å². The van der Waals surface area contributed by atoms with Crippen LogP contribution in [0.25, 0.3) is 10.2 Å². The molecule has 0 aliphatic carbocycles. The van der Waals surface area contributed by atoms with Crippen LogP contribution in [0.1, 0.15) is 38.4 Å². The van der Waals surface area contributed by atoms with Crippen LogP contribution in [-0.2, 0) is 12.8 Å². The number of aromatic nitrogens is 2. The third-order valence-electron chi connectivity index (χ3n) is 2.55. The lowest BCUT2D eigenvalue weighted by atomic mass is 9.92. The molecule has 2 rings (SSSR count). The van der Waals surface area contributed by atoms with Crippen LogP contribution in [0.5, 0.6) is 0 Å². The fourth-order valence-corrected chi connectivity index (χ4v) is 2.77. The van der Waals surface area contributed by atoms with Crippen LogP contribution in [0.4, 0.5) is 0 Å². The van der Waals surface area contributed by atoms with Crippen molar-refractivity contribution in [3.05, 3.63) is 27.1 Å². The van der Waals surface area contributed by atoms with Crippen molar-refractivity contribution in [1.29, 1.82) is 0 Å². The molecule has 2 aromatic rings. The number of hydrogen-bond acceptors (Lipinski definition) is 3. The quantitative estimate of drug-likeness (QED) is 0.890. The molecule has 0 radical (unpaired) electrons. The number of nitrogens with one attached hydrogen (secondary N) is 1. The Balaban J connectivity index is 2.51. The summed E-state index contributed by atoms with van der Waals surface area (Å²) >= 11 is 1.62. The first-order chi connectivity index (χ1) is 7.89. The molecule has 2 heterocycles. The van der Waals surface area contributed by atoms with Gasteiger partial charge in [-0.3, -0.25) is 4.79 Å². The van der Waals surface area contributed by atoms with Gasteiger partial charge in [-0.2, -0.15) is 0 Å². The van der Waals surface area contributed by atoms with Crippen LogP contribution < -0.4 is 5.56 Å². The van der Waals surface area contributed by atoms with Crippen molar-refractivity contribution in [2.45, 2.75) is 40.5 Å². The molecule has 0 aliphatic rings. The van der Waals surface area contributed by atoms with E-state index in [0.717, 1.165) is 28.9 Å². The Bertz CT molecular complexity index is 589. The lowest BCUT2D eigenvalue weighted by Crippen LogP contribution is -2.17. The van der Waals surface area contributed by atoms with Gasteiger partial charge in [0.15, 0.2) is 0 Å². The molecule has 0 fully saturated rings. The van der Waals surface area contributed by atoms with Crippen molar-refractivity contribution >= 4 is 21.6 Å². The van der Waals surface area contributed by atoms with Crippen molar-refractivity contribution in [3.63, 3.8) is 0 Å². The van der Waals surface area contributed by atoms with Gasteiger partial charge in [0.25, 0.3) is 5.56 Å². The summed E-state index contributed by atoms with van der Waals surface area (Å²) in [5.74, 6) is 0.791. The second-order valence-corrected chi connectivity index (χ2v) is 6.65. The molecule has 0 saturated heterocycles. The number of H-pyrrole nitrogens is 1.